The molecule has 0 aromatic heterocycles. The van der Waals surface area contributed by atoms with E-state index in [1.54, 1.807) is 11.1 Å². The fourth-order valence-electron chi connectivity index (χ4n) is 2.67. The highest BCUT2D eigenvalue weighted by Gasteiger charge is 2.19. The number of hydrogen-bond acceptors (Lipinski definition) is 1. The van der Waals surface area contributed by atoms with Crippen molar-refractivity contribution in [2.24, 2.45) is 5.73 Å². The fraction of sp³-hybridized carbons (Fsp3) is 0.571. The number of aryl methyl sites for hydroxylation is 2. The maximum Gasteiger partial charge on any atom is -0.00714 e. The van der Waals surface area contributed by atoms with Gasteiger partial charge in [-0.15, -0.1) is 12.4 Å². The van der Waals surface area contributed by atoms with Gasteiger partial charge >= 0.3 is 0 Å². The lowest BCUT2D eigenvalue weighted by Gasteiger charge is -2.25. The number of fused-ring (bicyclic) bond motifs is 1. The molecule has 1 aromatic rings. The monoisotopic (exact) mass is 239 g/mol. The van der Waals surface area contributed by atoms with Crippen LogP contribution in [0.2, 0.25) is 0 Å². The second-order valence-corrected chi connectivity index (χ2v) is 4.55. The molecule has 0 bridgehead atoms. The number of hydrogen-bond donors (Lipinski definition) is 1. The standard InChI is InChI=1S/C14H21N.ClH/c1-2-11-6-7-12-4-3-5-13(8-9-15)14(12)10-11;/h6-7,10,13H,2-5,8-9,15H2,1H3;1H/t13-;/m1./s1. The summed E-state index contributed by atoms with van der Waals surface area (Å²) >= 11 is 0. The first-order chi connectivity index (χ1) is 7.35. The summed E-state index contributed by atoms with van der Waals surface area (Å²) in [6.07, 6.45) is 6.23. The largest absolute Gasteiger partial charge is 0.330 e. The van der Waals surface area contributed by atoms with E-state index >= 15 is 0 Å². The number of benzene rings is 1. The fourth-order valence-corrected chi connectivity index (χ4v) is 2.67. The molecule has 2 N–H and O–H groups in total. The Morgan fingerprint density at radius 1 is 1.38 bits per heavy atom. The molecule has 1 aliphatic carbocycles. The summed E-state index contributed by atoms with van der Waals surface area (Å²) in [5, 5.41) is 0. The van der Waals surface area contributed by atoms with Crippen LogP contribution in [0.3, 0.4) is 0 Å². The molecule has 90 valence electrons. The minimum absolute atomic E-state index is 0. The summed E-state index contributed by atoms with van der Waals surface area (Å²) in [5.74, 6) is 0.727. The molecule has 1 atom stereocenters. The summed E-state index contributed by atoms with van der Waals surface area (Å²) in [7, 11) is 0. The molecule has 0 unspecified atom stereocenters. The average molecular weight is 240 g/mol. The molecular formula is C14H22ClN. The van der Waals surface area contributed by atoms with Crippen molar-refractivity contribution in [3.63, 3.8) is 0 Å². The molecule has 1 nitrogen and oxygen atoms in total. The van der Waals surface area contributed by atoms with Gasteiger partial charge in [0, 0.05) is 0 Å². The number of nitrogens with two attached hydrogens (primary N) is 1. The van der Waals surface area contributed by atoms with Gasteiger partial charge in [0.2, 0.25) is 0 Å². The highest BCUT2D eigenvalue weighted by Crippen LogP contribution is 2.34. The molecule has 0 heterocycles. The zero-order chi connectivity index (χ0) is 10.7. The summed E-state index contributed by atoms with van der Waals surface area (Å²) < 4.78 is 0. The van der Waals surface area contributed by atoms with Crippen molar-refractivity contribution in [3.05, 3.63) is 34.9 Å². The Morgan fingerprint density at radius 3 is 2.88 bits per heavy atom. The average Bonchev–Trinajstić information content (AvgIpc) is 2.29. The van der Waals surface area contributed by atoms with E-state index in [9.17, 15) is 0 Å². The second kappa shape index (κ2) is 6.27. The molecule has 0 fully saturated rings. The molecule has 0 amide bonds. The van der Waals surface area contributed by atoms with Crippen LogP contribution >= 0.6 is 12.4 Å². The minimum Gasteiger partial charge on any atom is -0.330 e. The summed E-state index contributed by atoms with van der Waals surface area (Å²) in [6.45, 7) is 3.04. The van der Waals surface area contributed by atoms with Crippen molar-refractivity contribution in [2.45, 2.75) is 44.9 Å². The molecule has 0 radical (unpaired) electrons. The Hall–Kier alpha value is -0.530. The van der Waals surface area contributed by atoms with Gasteiger partial charge in [0.15, 0.2) is 0 Å². The minimum atomic E-state index is 0. The van der Waals surface area contributed by atoms with E-state index in [1.807, 2.05) is 0 Å². The Balaban J connectivity index is 0.00000128. The topological polar surface area (TPSA) is 26.0 Å². The van der Waals surface area contributed by atoms with Crippen molar-refractivity contribution in [1.82, 2.24) is 0 Å². The van der Waals surface area contributed by atoms with Crippen molar-refractivity contribution >= 4 is 12.4 Å². The molecule has 0 spiro atoms. The zero-order valence-corrected chi connectivity index (χ0v) is 10.9. The zero-order valence-electron chi connectivity index (χ0n) is 10.0. The lowest BCUT2D eigenvalue weighted by Crippen LogP contribution is -2.14. The lowest BCUT2D eigenvalue weighted by molar-refractivity contribution is 0.525. The van der Waals surface area contributed by atoms with E-state index in [1.165, 1.54) is 24.8 Å². The molecular weight excluding hydrogens is 218 g/mol. The Labute approximate surface area is 105 Å². The van der Waals surface area contributed by atoms with Gasteiger partial charge in [-0.2, -0.15) is 0 Å². The number of halogens is 1. The molecule has 16 heavy (non-hydrogen) atoms. The van der Waals surface area contributed by atoms with Crippen LogP contribution in [0.5, 0.6) is 0 Å². The summed E-state index contributed by atoms with van der Waals surface area (Å²) in [4.78, 5) is 0. The van der Waals surface area contributed by atoms with E-state index < -0.39 is 0 Å². The predicted octanol–water partition coefficient (Wildman–Crippen LogP) is 3.44. The first kappa shape index (κ1) is 13.5. The molecule has 1 aliphatic rings. The van der Waals surface area contributed by atoms with Crippen molar-refractivity contribution in [3.8, 4) is 0 Å². The van der Waals surface area contributed by atoms with Crippen LogP contribution in [-0.4, -0.2) is 6.54 Å². The SMILES string of the molecule is CCc1ccc2c(c1)[C@@H](CCN)CCC2.Cl. The van der Waals surface area contributed by atoms with E-state index in [2.05, 4.69) is 25.1 Å². The van der Waals surface area contributed by atoms with Crippen molar-refractivity contribution in [1.29, 1.82) is 0 Å². The lowest BCUT2D eigenvalue weighted by atomic mass is 9.80. The van der Waals surface area contributed by atoms with E-state index in [-0.39, 0.29) is 12.4 Å². The molecule has 1 aromatic carbocycles. The molecule has 0 saturated heterocycles. The highest BCUT2D eigenvalue weighted by molar-refractivity contribution is 5.85. The van der Waals surface area contributed by atoms with E-state index in [4.69, 9.17) is 5.73 Å². The highest BCUT2D eigenvalue weighted by atomic mass is 35.5. The van der Waals surface area contributed by atoms with Gasteiger partial charge in [0.1, 0.15) is 0 Å². The van der Waals surface area contributed by atoms with Gasteiger partial charge in [0.25, 0.3) is 0 Å². The molecule has 0 saturated carbocycles. The van der Waals surface area contributed by atoms with Crippen LogP contribution < -0.4 is 5.73 Å². The quantitative estimate of drug-likeness (QED) is 0.859. The third-order valence-electron chi connectivity index (χ3n) is 3.57. The van der Waals surface area contributed by atoms with Crippen molar-refractivity contribution < 1.29 is 0 Å². The normalized spacial score (nSPS) is 18.8. The number of rotatable bonds is 3. The van der Waals surface area contributed by atoms with Gasteiger partial charge < -0.3 is 5.73 Å². The van der Waals surface area contributed by atoms with Crippen LogP contribution in [0, 0.1) is 0 Å². The van der Waals surface area contributed by atoms with Crippen LogP contribution in [0.1, 0.15) is 48.8 Å². The first-order valence-corrected chi connectivity index (χ1v) is 6.17. The maximum absolute atomic E-state index is 5.69. The summed E-state index contributed by atoms with van der Waals surface area (Å²) in [5.41, 5.74) is 10.3. The third kappa shape index (κ3) is 2.78. The third-order valence-corrected chi connectivity index (χ3v) is 3.57. The van der Waals surface area contributed by atoms with E-state index in [0.29, 0.717) is 0 Å². The van der Waals surface area contributed by atoms with E-state index in [0.717, 1.165) is 25.3 Å². The van der Waals surface area contributed by atoms with Gasteiger partial charge in [-0.1, -0.05) is 25.1 Å². The van der Waals surface area contributed by atoms with Gasteiger partial charge in [-0.3, -0.25) is 0 Å². The van der Waals surface area contributed by atoms with Crippen LogP contribution in [-0.2, 0) is 12.8 Å². The Morgan fingerprint density at radius 2 is 2.19 bits per heavy atom. The Bertz CT molecular complexity index is 336. The van der Waals surface area contributed by atoms with Crippen LogP contribution in [0.25, 0.3) is 0 Å². The first-order valence-electron chi connectivity index (χ1n) is 6.17. The van der Waals surface area contributed by atoms with Crippen LogP contribution in [0.15, 0.2) is 18.2 Å². The molecule has 2 heteroatoms. The summed E-state index contributed by atoms with van der Waals surface area (Å²) in [6, 6.07) is 7.02. The maximum atomic E-state index is 5.69. The van der Waals surface area contributed by atoms with Gasteiger partial charge in [-0.05, 0) is 61.3 Å². The second-order valence-electron chi connectivity index (χ2n) is 4.55. The molecule has 0 aliphatic heterocycles. The Kier molecular flexibility index (Phi) is 5.30. The van der Waals surface area contributed by atoms with Crippen LogP contribution in [0.4, 0.5) is 0 Å². The van der Waals surface area contributed by atoms with Crippen molar-refractivity contribution in [2.75, 3.05) is 6.54 Å². The van der Waals surface area contributed by atoms with Gasteiger partial charge in [0.05, 0.1) is 0 Å². The molecule has 2 rings (SSSR count). The smallest absolute Gasteiger partial charge is 0.00714 e. The van der Waals surface area contributed by atoms with Gasteiger partial charge in [-0.25, -0.2) is 0 Å². The predicted molar refractivity (Wildman–Crippen MR) is 72.4 cm³/mol.